The highest BCUT2D eigenvalue weighted by Crippen LogP contribution is 2.31. The molecule has 0 aliphatic carbocycles. The Morgan fingerprint density at radius 1 is 1.53 bits per heavy atom. The summed E-state index contributed by atoms with van der Waals surface area (Å²) in [6.45, 7) is 1.38. The van der Waals surface area contributed by atoms with Crippen LogP contribution >= 0.6 is 15.9 Å². The van der Waals surface area contributed by atoms with Crippen LogP contribution in [0.2, 0.25) is 0 Å². The summed E-state index contributed by atoms with van der Waals surface area (Å²) in [5.41, 5.74) is 1.69. The summed E-state index contributed by atoms with van der Waals surface area (Å²) in [6, 6.07) is 3.40. The fraction of sp³-hybridized carbons (Fsp3) is 0.400. The predicted octanol–water partition coefficient (Wildman–Crippen LogP) is 2.44. The fourth-order valence-electron chi connectivity index (χ4n) is 1.62. The normalized spacial score (nSPS) is 19.0. The number of hydrogen-bond acceptors (Lipinski definition) is 3. The van der Waals surface area contributed by atoms with Gasteiger partial charge in [0.2, 0.25) is 0 Å². The zero-order valence-electron chi connectivity index (χ0n) is 8.31. The summed E-state index contributed by atoms with van der Waals surface area (Å²) in [5, 5.41) is 6.44. The van der Waals surface area contributed by atoms with Crippen molar-refractivity contribution < 1.29 is 9.13 Å². The largest absolute Gasteiger partial charge is 0.382 e. The third-order valence-corrected chi connectivity index (χ3v) is 2.93. The number of nitrogens with one attached hydrogen (secondary N) is 2. The molecule has 0 saturated carbocycles. The maximum absolute atomic E-state index is 13.3. The van der Waals surface area contributed by atoms with Gasteiger partial charge in [-0.15, -0.1) is 0 Å². The molecule has 0 amide bonds. The molecule has 0 bridgehead atoms. The SMILES string of the molecule is COCC1CNc2cc(Br)c(F)cc2N1. The molecular weight excluding hydrogens is 263 g/mol. The molecule has 1 heterocycles. The topological polar surface area (TPSA) is 33.3 Å². The number of fused-ring (bicyclic) bond motifs is 1. The van der Waals surface area contributed by atoms with E-state index in [1.165, 1.54) is 6.07 Å². The van der Waals surface area contributed by atoms with Crippen LogP contribution in [0.15, 0.2) is 16.6 Å². The van der Waals surface area contributed by atoms with Gasteiger partial charge in [0.1, 0.15) is 5.82 Å². The maximum atomic E-state index is 13.3. The van der Waals surface area contributed by atoms with Crippen LogP contribution in [0.3, 0.4) is 0 Å². The van der Waals surface area contributed by atoms with E-state index in [0.29, 0.717) is 11.1 Å². The van der Waals surface area contributed by atoms with Crippen molar-refractivity contribution in [3.63, 3.8) is 0 Å². The summed E-state index contributed by atoms with van der Waals surface area (Å²) in [5.74, 6) is -0.263. The van der Waals surface area contributed by atoms with Crippen LogP contribution in [0.4, 0.5) is 15.8 Å². The van der Waals surface area contributed by atoms with E-state index in [1.54, 1.807) is 13.2 Å². The van der Waals surface area contributed by atoms with E-state index in [0.717, 1.165) is 17.9 Å². The first kappa shape index (κ1) is 10.7. The van der Waals surface area contributed by atoms with Crippen molar-refractivity contribution in [3.8, 4) is 0 Å². The van der Waals surface area contributed by atoms with Crippen molar-refractivity contribution in [1.29, 1.82) is 0 Å². The second-order valence-corrected chi connectivity index (χ2v) is 4.34. The van der Waals surface area contributed by atoms with Crippen molar-refractivity contribution in [2.24, 2.45) is 0 Å². The van der Waals surface area contributed by atoms with Crippen LogP contribution in [-0.2, 0) is 4.74 Å². The Morgan fingerprint density at radius 3 is 3.07 bits per heavy atom. The predicted molar refractivity (Wildman–Crippen MR) is 61.9 cm³/mol. The number of ether oxygens (including phenoxy) is 1. The molecule has 1 atom stereocenters. The van der Waals surface area contributed by atoms with Crippen LogP contribution < -0.4 is 10.6 Å². The highest BCUT2D eigenvalue weighted by atomic mass is 79.9. The standard InChI is InChI=1S/C10H12BrFN2O/c1-15-5-6-4-13-9-2-7(11)8(12)3-10(9)14-6/h2-3,6,13-14H,4-5H2,1H3. The minimum absolute atomic E-state index is 0.183. The molecule has 0 spiro atoms. The van der Waals surface area contributed by atoms with E-state index < -0.39 is 0 Å². The van der Waals surface area contributed by atoms with Gasteiger partial charge in [-0.05, 0) is 22.0 Å². The van der Waals surface area contributed by atoms with Gasteiger partial charge in [0.25, 0.3) is 0 Å². The molecule has 1 aliphatic heterocycles. The Morgan fingerprint density at radius 2 is 2.33 bits per heavy atom. The van der Waals surface area contributed by atoms with Gasteiger partial charge in [-0.2, -0.15) is 0 Å². The minimum Gasteiger partial charge on any atom is -0.382 e. The van der Waals surface area contributed by atoms with Crippen LogP contribution in [0, 0.1) is 5.82 Å². The van der Waals surface area contributed by atoms with E-state index in [1.807, 2.05) is 0 Å². The summed E-state index contributed by atoms with van der Waals surface area (Å²) in [7, 11) is 1.65. The van der Waals surface area contributed by atoms with E-state index in [9.17, 15) is 4.39 Å². The molecule has 1 aromatic rings. The molecule has 0 aromatic heterocycles. The Balaban J connectivity index is 2.22. The quantitative estimate of drug-likeness (QED) is 0.869. The average molecular weight is 275 g/mol. The second kappa shape index (κ2) is 4.37. The summed E-state index contributed by atoms with van der Waals surface area (Å²) < 4.78 is 18.8. The Bertz CT molecular complexity index is 373. The number of benzene rings is 1. The van der Waals surface area contributed by atoms with E-state index in [4.69, 9.17) is 4.74 Å². The Labute approximate surface area is 96.1 Å². The second-order valence-electron chi connectivity index (χ2n) is 3.49. The molecule has 3 nitrogen and oxygen atoms in total. The summed E-state index contributed by atoms with van der Waals surface area (Å²) in [6.07, 6.45) is 0. The number of methoxy groups -OCH3 is 1. The van der Waals surface area contributed by atoms with Crippen molar-refractivity contribution in [2.45, 2.75) is 6.04 Å². The van der Waals surface area contributed by atoms with Crippen LogP contribution in [-0.4, -0.2) is 26.3 Å². The highest BCUT2D eigenvalue weighted by Gasteiger charge is 2.18. The lowest BCUT2D eigenvalue weighted by Crippen LogP contribution is -2.36. The van der Waals surface area contributed by atoms with Gasteiger partial charge in [-0.3, -0.25) is 0 Å². The third-order valence-electron chi connectivity index (χ3n) is 2.33. The van der Waals surface area contributed by atoms with Crippen LogP contribution in [0.25, 0.3) is 0 Å². The zero-order valence-corrected chi connectivity index (χ0v) is 9.90. The fourth-order valence-corrected chi connectivity index (χ4v) is 1.96. The van der Waals surface area contributed by atoms with Crippen molar-refractivity contribution in [2.75, 3.05) is 30.9 Å². The smallest absolute Gasteiger partial charge is 0.139 e. The van der Waals surface area contributed by atoms with Gasteiger partial charge in [0.15, 0.2) is 0 Å². The van der Waals surface area contributed by atoms with Gasteiger partial charge in [0.05, 0.1) is 28.5 Å². The van der Waals surface area contributed by atoms with Crippen molar-refractivity contribution in [1.82, 2.24) is 0 Å². The first-order valence-electron chi connectivity index (χ1n) is 4.69. The molecule has 0 saturated heterocycles. The summed E-state index contributed by atoms with van der Waals surface area (Å²) >= 11 is 3.15. The molecule has 1 aliphatic rings. The zero-order chi connectivity index (χ0) is 10.8. The number of rotatable bonds is 2. The molecular formula is C10H12BrFN2O. The number of hydrogen-bond donors (Lipinski definition) is 2. The van der Waals surface area contributed by atoms with Gasteiger partial charge >= 0.3 is 0 Å². The average Bonchev–Trinajstić information content (AvgIpc) is 2.21. The van der Waals surface area contributed by atoms with Crippen LogP contribution in [0.5, 0.6) is 0 Å². The Hall–Kier alpha value is -0.810. The summed E-state index contributed by atoms with van der Waals surface area (Å²) in [4.78, 5) is 0. The molecule has 1 unspecified atom stereocenters. The molecule has 5 heteroatoms. The highest BCUT2D eigenvalue weighted by molar-refractivity contribution is 9.10. The Kier molecular flexibility index (Phi) is 3.11. The lowest BCUT2D eigenvalue weighted by molar-refractivity contribution is 0.188. The molecule has 2 rings (SSSR count). The van der Waals surface area contributed by atoms with E-state index in [2.05, 4.69) is 26.6 Å². The molecule has 15 heavy (non-hydrogen) atoms. The third kappa shape index (κ3) is 2.23. The number of halogens is 2. The molecule has 0 radical (unpaired) electrons. The van der Waals surface area contributed by atoms with Gasteiger partial charge in [-0.1, -0.05) is 0 Å². The van der Waals surface area contributed by atoms with E-state index in [-0.39, 0.29) is 11.9 Å². The maximum Gasteiger partial charge on any atom is 0.139 e. The van der Waals surface area contributed by atoms with Crippen molar-refractivity contribution >= 4 is 27.3 Å². The molecule has 0 fully saturated rings. The van der Waals surface area contributed by atoms with Crippen molar-refractivity contribution in [3.05, 3.63) is 22.4 Å². The molecule has 82 valence electrons. The van der Waals surface area contributed by atoms with Gasteiger partial charge < -0.3 is 15.4 Å². The van der Waals surface area contributed by atoms with Gasteiger partial charge in [0, 0.05) is 19.7 Å². The van der Waals surface area contributed by atoms with Crippen LogP contribution in [0.1, 0.15) is 0 Å². The first-order valence-corrected chi connectivity index (χ1v) is 5.48. The van der Waals surface area contributed by atoms with Gasteiger partial charge in [-0.25, -0.2) is 4.39 Å². The lowest BCUT2D eigenvalue weighted by Gasteiger charge is -2.28. The van der Waals surface area contributed by atoms with E-state index >= 15 is 0 Å². The lowest BCUT2D eigenvalue weighted by atomic mass is 10.1. The number of anilines is 2. The monoisotopic (exact) mass is 274 g/mol. The molecule has 2 N–H and O–H groups in total. The molecule has 1 aromatic carbocycles. The first-order chi connectivity index (χ1) is 7.20. The minimum atomic E-state index is -0.263.